The fraction of sp³-hybridized carbons (Fsp3) is 0.200. The molecule has 10 heteroatoms. The maximum absolute atomic E-state index is 13.1. The Hall–Kier alpha value is -1.93. The zero-order chi connectivity index (χ0) is 24.4. The number of amides is 1. The molecule has 1 aliphatic heterocycles. The number of carbonyl (C=O) groups is 2. The molecular formula is C25H19Cl3NNaO5. The van der Waals surface area contributed by atoms with Gasteiger partial charge in [0.15, 0.2) is 0 Å². The number of anilines is 1. The molecule has 3 aromatic carbocycles. The molecule has 0 spiro atoms. The summed E-state index contributed by atoms with van der Waals surface area (Å²) >= 11 is 18.5. The molecule has 6 nitrogen and oxygen atoms in total. The third kappa shape index (κ3) is 6.26. The molecule has 176 valence electrons. The second kappa shape index (κ2) is 11.9. The van der Waals surface area contributed by atoms with Gasteiger partial charge in [0.2, 0.25) is 0 Å². The number of carbonyl (C=O) groups excluding carboxylic acids is 2. The van der Waals surface area contributed by atoms with Crippen molar-refractivity contribution >= 4 is 52.4 Å². The van der Waals surface area contributed by atoms with Crippen molar-refractivity contribution in [3.05, 3.63) is 80.8 Å². The molecule has 1 heterocycles. The Morgan fingerprint density at radius 2 is 1.71 bits per heavy atom. The number of rotatable bonds is 6. The second-order valence-electron chi connectivity index (χ2n) is 7.63. The van der Waals surface area contributed by atoms with Crippen LogP contribution in [-0.2, 0) is 4.79 Å². The normalized spacial score (nSPS) is 14.2. The first kappa shape index (κ1) is 27.7. The first-order valence-electron chi connectivity index (χ1n) is 10.5. The molecular weight excluding hydrogens is 524 g/mol. The van der Waals surface area contributed by atoms with Gasteiger partial charge in [-0.15, -0.1) is 0 Å². The Morgan fingerprint density at radius 1 is 1.06 bits per heavy atom. The summed E-state index contributed by atoms with van der Waals surface area (Å²) in [4.78, 5) is 26.0. The summed E-state index contributed by atoms with van der Waals surface area (Å²) in [6.45, 7) is 2.54. The molecule has 0 aromatic heterocycles. The quantitative estimate of drug-likeness (QED) is 0.448. The van der Waals surface area contributed by atoms with Gasteiger partial charge >= 0.3 is 29.6 Å². The van der Waals surface area contributed by atoms with Crippen LogP contribution >= 0.6 is 34.8 Å². The van der Waals surface area contributed by atoms with Gasteiger partial charge in [-0.3, -0.25) is 4.79 Å². The standard InChI is InChI=1S/C25H20Cl3NO5.Na/c1-2-29(17-10-15(26)9-16(27)11-17)24(30)14-3-5-18(6-4-14)34-23-13-22-20(12-21(23)28)19(25(31)32)7-8-33-22;/h3-6,9-13,19H,2,7-8H2,1H3,(H,31,32);/q;+1/p-1. The van der Waals surface area contributed by atoms with Crippen molar-refractivity contribution in [1.82, 2.24) is 0 Å². The van der Waals surface area contributed by atoms with E-state index in [1.54, 1.807) is 53.4 Å². The summed E-state index contributed by atoms with van der Waals surface area (Å²) < 4.78 is 11.5. The molecule has 4 rings (SSSR count). The van der Waals surface area contributed by atoms with Crippen LogP contribution in [0.3, 0.4) is 0 Å². The molecule has 1 aliphatic rings. The number of aliphatic carboxylic acids is 1. The number of carboxylic acid groups (broad SMARTS) is 1. The van der Waals surface area contributed by atoms with E-state index in [1.807, 2.05) is 6.92 Å². The largest absolute Gasteiger partial charge is 1.00 e. The number of hydrogen-bond donors (Lipinski definition) is 0. The van der Waals surface area contributed by atoms with Gasteiger partial charge in [-0.25, -0.2) is 0 Å². The average Bonchev–Trinajstić information content (AvgIpc) is 2.79. The molecule has 0 aliphatic carbocycles. The SMILES string of the molecule is CCN(C(=O)c1ccc(Oc2cc3c(cc2Cl)C(C(=O)[O-])CCO3)cc1)c1cc(Cl)cc(Cl)c1.[Na+]. The molecule has 0 saturated heterocycles. The van der Waals surface area contributed by atoms with E-state index in [-0.39, 0.29) is 47.1 Å². The molecule has 3 aromatic rings. The van der Waals surface area contributed by atoms with Crippen molar-refractivity contribution in [2.75, 3.05) is 18.1 Å². The predicted octanol–water partition coefficient (Wildman–Crippen LogP) is 2.73. The number of carboxylic acids is 1. The summed E-state index contributed by atoms with van der Waals surface area (Å²) in [5.74, 6) is -1.03. The number of nitrogens with zero attached hydrogens (tertiary/aromatic N) is 1. The third-order valence-corrected chi connectivity index (χ3v) is 6.17. The van der Waals surface area contributed by atoms with Crippen molar-refractivity contribution in [1.29, 1.82) is 0 Å². The molecule has 1 amide bonds. The summed E-state index contributed by atoms with van der Waals surface area (Å²) in [5, 5.41) is 12.5. The summed E-state index contributed by atoms with van der Waals surface area (Å²) in [5.41, 5.74) is 1.51. The Labute approximate surface area is 240 Å². The van der Waals surface area contributed by atoms with Crippen LogP contribution in [-0.4, -0.2) is 25.0 Å². The van der Waals surface area contributed by atoms with Gasteiger partial charge in [-0.1, -0.05) is 34.8 Å². The first-order chi connectivity index (χ1) is 16.3. The van der Waals surface area contributed by atoms with E-state index in [0.717, 1.165) is 0 Å². The van der Waals surface area contributed by atoms with E-state index in [9.17, 15) is 14.7 Å². The molecule has 35 heavy (non-hydrogen) atoms. The molecule has 0 radical (unpaired) electrons. The molecule has 0 bridgehead atoms. The number of benzene rings is 3. The van der Waals surface area contributed by atoms with Crippen LogP contribution in [0.15, 0.2) is 54.6 Å². The number of hydrogen-bond acceptors (Lipinski definition) is 5. The van der Waals surface area contributed by atoms with Crippen molar-refractivity contribution in [3.8, 4) is 17.2 Å². The minimum Gasteiger partial charge on any atom is -0.549 e. The van der Waals surface area contributed by atoms with Gasteiger partial charge < -0.3 is 24.3 Å². The fourth-order valence-electron chi connectivity index (χ4n) is 3.80. The van der Waals surface area contributed by atoms with Gasteiger partial charge in [0.1, 0.15) is 17.2 Å². The van der Waals surface area contributed by atoms with E-state index < -0.39 is 11.9 Å². The van der Waals surface area contributed by atoms with E-state index in [2.05, 4.69) is 0 Å². The Morgan fingerprint density at radius 3 is 2.31 bits per heavy atom. The van der Waals surface area contributed by atoms with E-state index in [4.69, 9.17) is 44.3 Å². The van der Waals surface area contributed by atoms with Crippen molar-refractivity contribution in [2.24, 2.45) is 0 Å². The minimum atomic E-state index is -1.17. The topological polar surface area (TPSA) is 78.9 Å². The monoisotopic (exact) mass is 541 g/mol. The van der Waals surface area contributed by atoms with Gasteiger partial charge in [-0.2, -0.15) is 0 Å². The number of halogens is 3. The average molecular weight is 543 g/mol. The Balaban J connectivity index is 0.00000342. The second-order valence-corrected chi connectivity index (χ2v) is 8.91. The fourth-order valence-corrected chi connectivity index (χ4v) is 4.52. The smallest absolute Gasteiger partial charge is 0.549 e. The van der Waals surface area contributed by atoms with Gasteiger partial charge in [0, 0.05) is 51.4 Å². The molecule has 1 atom stereocenters. The van der Waals surface area contributed by atoms with Crippen molar-refractivity contribution in [3.63, 3.8) is 0 Å². The number of ether oxygens (including phenoxy) is 2. The zero-order valence-electron chi connectivity index (χ0n) is 19.0. The Bertz CT molecular complexity index is 1230. The molecule has 1 unspecified atom stereocenters. The summed E-state index contributed by atoms with van der Waals surface area (Å²) in [7, 11) is 0. The van der Waals surface area contributed by atoms with Crippen LogP contribution in [0, 0.1) is 0 Å². The van der Waals surface area contributed by atoms with Crippen molar-refractivity contribution in [2.45, 2.75) is 19.3 Å². The van der Waals surface area contributed by atoms with Gasteiger partial charge in [0.05, 0.1) is 11.6 Å². The van der Waals surface area contributed by atoms with E-state index in [0.29, 0.717) is 57.1 Å². The van der Waals surface area contributed by atoms with Gasteiger partial charge in [0.25, 0.3) is 5.91 Å². The van der Waals surface area contributed by atoms with Crippen LogP contribution in [0.25, 0.3) is 0 Å². The molecule has 0 fully saturated rings. The minimum absolute atomic E-state index is 0. The molecule has 0 N–H and O–H groups in total. The zero-order valence-corrected chi connectivity index (χ0v) is 23.3. The summed E-state index contributed by atoms with van der Waals surface area (Å²) in [6.07, 6.45) is 0.317. The van der Waals surface area contributed by atoms with Crippen LogP contribution < -0.4 is 49.0 Å². The summed E-state index contributed by atoms with van der Waals surface area (Å²) in [6, 6.07) is 14.6. The number of fused-ring (bicyclic) bond motifs is 1. The Kier molecular flexibility index (Phi) is 9.38. The van der Waals surface area contributed by atoms with Crippen molar-refractivity contribution < 1.29 is 53.7 Å². The maximum atomic E-state index is 13.1. The predicted molar refractivity (Wildman–Crippen MR) is 130 cm³/mol. The van der Waals surface area contributed by atoms with Crippen LogP contribution in [0.5, 0.6) is 17.2 Å². The maximum Gasteiger partial charge on any atom is 1.00 e. The van der Waals surface area contributed by atoms with Crippen LogP contribution in [0.2, 0.25) is 15.1 Å². The molecule has 0 saturated carbocycles. The third-order valence-electron chi connectivity index (χ3n) is 5.44. The van der Waals surface area contributed by atoms with Crippen LogP contribution in [0.4, 0.5) is 5.69 Å². The van der Waals surface area contributed by atoms with Crippen LogP contribution in [0.1, 0.15) is 35.2 Å². The van der Waals surface area contributed by atoms with E-state index in [1.165, 1.54) is 6.07 Å². The van der Waals surface area contributed by atoms with Gasteiger partial charge in [-0.05, 0) is 61.9 Å². The van der Waals surface area contributed by atoms with E-state index >= 15 is 0 Å². The first-order valence-corrected chi connectivity index (χ1v) is 11.6.